The number of nitrogens with zero attached hydrogens (tertiary/aromatic N) is 8. The van der Waals surface area contributed by atoms with Gasteiger partial charge in [-0.15, -0.1) is 0 Å². The van der Waals surface area contributed by atoms with Crippen molar-refractivity contribution in [2.45, 2.75) is 52.4 Å². The largest absolute Gasteiger partial charge is 0.309 e. The van der Waals surface area contributed by atoms with E-state index in [0.29, 0.717) is 34.9 Å². The smallest absolute Gasteiger partial charge is 0.166 e. The van der Waals surface area contributed by atoms with Crippen LogP contribution in [0.15, 0.2) is 449 Å². The molecule has 130 heavy (non-hydrogen) atoms. The van der Waals surface area contributed by atoms with Crippen LogP contribution in [0.2, 0.25) is 0 Å². The van der Waals surface area contributed by atoms with Gasteiger partial charge in [0.05, 0.1) is 33.4 Å². The molecule has 8 nitrogen and oxygen atoms in total. The lowest BCUT2D eigenvalue weighted by Gasteiger charge is -2.20. The summed E-state index contributed by atoms with van der Waals surface area (Å²) in [5.41, 5.74) is 32.7. The van der Waals surface area contributed by atoms with E-state index in [4.69, 9.17) is 29.9 Å². The van der Waals surface area contributed by atoms with Crippen LogP contribution in [-0.2, 0) is 10.8 Å². The van der Waals surface area contributed by atoms with E-state index in [9.17, 15) is 0 Å². The molecular weight excluding hydrogens is 1580 g/mol. The molecule has 0 amide bonds. The van der Waals surface area contributed by atoms with Gasteiger partial charge < -0.3 is 9.13 Å². The summed E-state index contributed by atoms with van der Waals surface area (Å²) in [5, 5.41) is 4.78. The first-order chi connectivity index (χ1) is 63.7. The van der Waals surface area contributed by atoms with Crippen LogP contribution in [0.4, 0.5) is 0 Å². The molecule has 22 rings (SSSR count). The molecule has 0 bridgehead atoms. The molecule has 0 aliphatic rings. The van der Waals surface area contributed by atoms with Crippen LogP contribution in [0.1, 0.15) is 52.7 Å². The highest BCUT2D eigenvalue weighted by atomic mass is 15.1. The second kappa shape index (κ2) is 34.5. The zero-order valence-electron chi connectivity index (χ0n) is 73.3. The van der Waals surface area contributed by atoms with Gasteiger partial charge in [-0.1, -0.05) is 406 Å². The predicted molar refractivity (Wildman–Crippen MR) is 542 cm³/mol. The highest BCUT2D eigenvalue weighted by Crippen LogP contribution is 2.47. The van der Waals surface area contributed by atoms with Crippen LogP contribution in [0.5, 0.6) is 0 Å². The Labute approximate surface area is 758 Å². The molecule has 0 saturated carbocycles. The van der Waals surface area contributed by atoms with Crippen molar-refractivity contribution in [2.24, 2.45) is 0 Å². The van der Waals surface area contributed by atoms with E-state index in [1.807, 2.05) is 72.8 Å². The molecule has 4 heterocycles. The molecule has 0 fully saturated rings. The Bertz CT molecular complexity index is 7620. The summed E-state index contributed by atoms with van der Waals surface area (Å²) in [4.78, 5) is 31.7. The Hall–Kier alpha value is -16.4. The van der Waals surface area contributed by atoms with Gasteiger partial charge in [0.2, 0.25) is 0 Å². The first-order valence-electron chi connectivity index (χ1n) is 44.5. The minimum Gasteiger partial charge on any atom is -0.309 e. The summed E-state index contributed by atoms with van der Waals surface area (Å²) >= 11 is 0. The number of benzene rings is 18. The maximum atomic E-state index is 5.38. The maximum Gasteiger partial charge on any atom is 0.166 e. The number of rotatable bonds is 16. The van der Waals surface area contributed by atoms with Gasteiger partial charge in [-0.3, -0.25) is 0 Å². The van der Waals surface area contributed by atoms with Crippen molar-refractivity contribution in [1.82, 2.24) is 39.0 Å². The Morgan fingerprint density at radius 1 is 0.154 bits per heavy atom. The third-order valence-corrected chi connectivity index (χ3v) is 24.9. The fraction of sp³-hybridized carbons (Fsp3) is 0.0656. The third kappa shape index (κ3) is 16.0. The summed E-state index contributed by atoms with van der Waals surface area (Å²) in [7, 11) is 0. The Kier molecular flexibility index (Phi) is 21.4. The fourth-order valence-corrected chi connectivity index (χ4v) is 18.1. The van der Waals surface area contributed by atoms with Crippen LogP contribution in [-0.4, -0.2) is 39.0 Å². The lowest BCUT2D eigenvalue weighted by Crippen LogP contribution is -2.10. The van der Waals surface area contributed by atoms with Crippen molar-refractivity contribution in [2.75, 3.05) is 0 Å². The molecule has 0 aliphatic carbocycles. The van der Waals surface area contributed by atoms with Gasteiger partial charge in [0, 0.05) is 54.9 Å². The standard InChI is InChI=1S/C63H42N4.C59H50N4/c1-7-19-43(20-8-1)49-31-35-53(46-25-13-4-14-26-46)54(39-49)52-34-38-60(57(42-52)63-65-61(47-27-15-5-16-28-47)64-62(66-63)48-29-17-6-18-30-48)67-58-36-32-50(44-21-9-2-10-22-44)40-55(58)56-41-51(33-37-59(56)67)45-23-11-3-12-24-45;1-58(2,3)45-29-33-52-49(37-45)50-38-46(59(4,5)6)30-34-53(50)63(52)54-32-28-44(48-35-43(39-19-11-7-12-20-39)27-31-47(48)40-21-13-8-14-22-40)36-51(54)57-61-55(41-23-15-9-16-24-41)60-56(62-57)42-25-17-10-18-26-42/h1-42H;7-38H,1-6H3. The Morgan fingerprint density at radius 3 is 0.646 bits per heavy atom. The summed E-state index contributed by atoms with van der Waals surface area (Å²) in [5.74, 6) is 3.66. The van der Waals surface area contributed by atoms with Gasteiger partial charge in [0.1, 0.15) is 0 Å². The van der Waals surface area contributed by atoms with Crippen molar-refractivity contribution in [1.29, 1.82) is 0 Å². The monoisotopic (exact) mass is 1670 g/mol. The molecule has 0 aliphatic heterocycles. The highest BCUT2D eigenvalue weighted by molar-refractivity contribution is 6.13. The zero-order chi connectivity index (χ0) is 87.8. The average Bonchev–Trinajstić information content (AvgIpc) is 1.58. The zero-order valence-corrected chi connectivity index (χ0v) is 73.3. The van der Waals surface area contributed by atoms with Crippen LogP contribution in [0.3, 0.4) is 0 Å². The fourth-order valence-electron chi connectivity index (χ4n) is 18.1. The van der Waals surface area contributed by atoms with Crippen molar-refractivity contribution >= 4 is 43.6 Å². The molecule has 0 radical (unpaired) electrons. The second-order valence-electron chi connectivity index (χ2n) is 35.4. The van der Waals surface area contributed by atoms with E-state index in [-0.39, 0.29) is 10.8 Å². The second-order valence-corrected chi connectivity index (χ2v) is 35.4. The molecule has 0 spiro atoms. The van der Waals surface area contributed by atoms with E-state index >= 15 is 0 Å². The molecule has 4 aromatic heterocycles. The third-order valence-electron chi connectivity index (χ3n) is 24.9. The lowest BCUT2D eigenvalue weighted by molar-refractivity contribution is 0.590. The van der Waals surface area contributed by atoms with E-state index in [1.54, 1.807) is 0 Å². The molecule has 0 unspecified atom stereocenters. The number of hydrogen-bond acceptors (Lipinski definition) is 6. The van der Waals surface area contributed by atoms with E-state index in [1.165, 1.54) is 38.6 Å². The van der Waals surface area contributed by atoms with Gasteiger partial charge in [-0.05, 0) is 196 Å². The SMILES string of the molecule is CC(C)(C)c1ccc2c(c1)c1cc(C(C)(C)C)ccc1n2-c1ccc(-c2cc(-c3ccccc3)ccc2-c2ccccc2)cc1-c1nc(-c2ccccc2)nc(-c2ccccc2)n1.c1ccc(-c2ccc(-c3ccccc3)c(-c3ccc(-n4c5ccc(-c6ccccc6)cc5c5cc(-c6ccccc6)ccc54)c(-c4nc(-c5ccccc5)nc(-c5ccccc5)n4)c3)c2)cc1. The van der Waals surface area contributed by atoms with Crippen LogP contribution >= 0.6 is 0 Å². The van der Waals surface area contributed by atoms with Crippen LogP contribution < -0.4 is 0 Å². The topological polar surface area (TPSA) is 87.2 Å². The van der Waals surface area contributed by atoms with Gasteiger partial charge >= 0.3 is 0 Å². The predicted octanol–water partition coefficient (Wildman–Crippen LogP) is 31.9. The number of fused-ring (bicyclic) bond motifs is 6. The molecule has 620 valence electrons. The van der Waals surface area contributed by atoms with E-state index in [0.717, 1.165) is 150 Å². The summed E-state index contributed by atoms with van der Waals surface area (Å²) < 4.78 is 4.83. The Morgan fingerprint density at radius 2 is 0.369 bits per heavy atom. The quantitative estimate of drug-likeness (QED) is 0.0958. The van der Waals surface area contributed by atoms with Gasteiger partial charge in [-0.25, -0.2) is 29.9 Å². The summed E-state index contributed by atoms with van der Waals surface area (Å²) in [6.45, 7) is 13.7. The molecule has 22 aromatic rings. The summed E-state index contributed by atoms with van der Waals surface area (Å²) in [6, 6.07) is 160. The van der Waals surface area contributed by atoms with Gasteiger partial charge in [0.15, 0.2) is 34.9 Å². The van der Waals surface area contributed by atoms with Crippen molar-refractivity contribution in [3.63, 3.8) is 0 Å². The molecular formula is C122H92N8. The minimum atomic E-state index is -0.0195. The Balaban J connectivity index is 0.000000158. The van der Waals surface area contributed by atoms with Crippen molar-refractivity contribution < 1.29 is 0 Å². The number of aromatic nitrogens is 8. The van der Waals surface area contributed by atoms with Gasteiger partial charge in [-0.2, -0.15) is 0 Å². The van der Waals surface area contributed by atoms with Crippen LogP contribution in [0.25, 0.3) is 212 Å². The molecule has 0 N–H and O–H groups in total. The molecule has 18 aromatic carbocycles. The molecule has 8 heteroatoms. The molecule has 0 atom stereocenters. The highest BCUT2D eigenvalue weighted by Gasteiger charge is 2.28. The van der Waals surface area contributed by atoms with E-state index in [2.05, 4.69) is 427 Å². The van der Waals surface area contributed by atoms with E-state index < -0.39 is 0 Å². The van der Waals surface area contributed by atoms with Crippen molar-refractivity contribution in [3.05, 3.63) is 460 Å². The molecule has 0 saturated heterocycles. The van der Waals surface area contributed by atoms with Crippen LogP contribution in [0, 0.1) is 0 Å². The first-order valence-corrected chi connectivity index (χ1v) is 44.5. The number of hydrogen-bond donors (Lipinski definition) is 0. The van der Waals surface area contributed by atoms with Crippen molar-refractivity contribution in [3.8, 4) is 169 Å². The van der Waals surface area contributed by atoms with Gasteiger partial charge in [0.25, 0.3) is 0 Å². The maximum absolute atomic E-state index is 5.38. The first kappa shape index (κ1) is 80.7. The average molecular weight is 1670 g/mol. The lowest BCUT2D eigenvalue weighted by atomic mass is 9.85. The summed E-state index contributed by atoms with van der Waals surface area (Å²) in [6.07, 6.45) is 0. The minimum absolute atomic E-state index is 0.0195. The normalized spacial score (nSPS) is 11.6.